The molecule has 1 fully saturated rings. The Morgan fingerprint density at radius 2 is 1.56 bits per heavy atom. The van der Waals surface area contributed by atoms with Gasteiger partial charge < -0.3 is 0 Å². The van der Waals surface area contributed by atoms with Crippen molar-refractivity contribution in [2.45, 2.75) is 17.6 Å². The van der Waals surface area contributed by atoms with Crippen LogP contribution in [-0.4, -0.2) is 61.4 Å². The smallest absolute Gasteiger partial charge is 0.248 e. The number of hydrogen-bond acceptors (Lipinski definition) is 5. The van der Waals surface area contributed by atoms with Crippen molar-refractivity contribution in [3.8, 4) is 0 Å². The average Bonchev–Trinajstić information content (AvgIpc) is 2.88. The maximum absolute atomic E-state index is 12.9. The number of rotatable bonds is 5. The molecule has 27 heavy (non-hydrogen) atoms. The second-order valence-electron chi connectivity index (χ2n) is 6.37. The van der Waals surface area contributed by atoms with Crippen LogP contribution in [0, 0.1) is 6.92 Å². The standard InChI is InChI=1S/C16H21ClN4O4S2/c1-13-15(16(17)19(2)18-13)27(24,25)21-10-8-20(9-11-21)26(22,23)12-14-6-4-3-5-7-14/h3-7H,8-12H2,1-2H3. The second-order valence-corrected chi connectivity index (χ2v) is 10.6. The van der Waals surface area contributed by atoms with Crippen LogP contribution >= 0.6 is 11.6 Å². The summed E-state index contributed by atoms with van der Waals surface area (Å²) in [6.07, 6.45) is 0. The van der Waals surface area contributed by atoms with Crippen LogP contribution in [0.2, 0.25) is 5.15 Å². The normalized spacial score (nSPS) is 17.3. The molecule has 11 heteroatoms. The third-order valence-electron chi connectivity index (χ3n) is 4.48. The molecule has 0 radical (unpaired) electrons. The van der Waals surface area contributed by atoms with Gasteiger partial charge >= 0.3 is 0 Å². The van der Waals surface area contributed by atoms with E-state index < -0.39 is 20.0 Å². The van der Waals surface area contributed by atoms with Crippen molar-refractivity contribution >= 4 is 31.6 Å². The number of piperazine rings is 1. The molecule has 2 aromatic rings. The van der Waals surface area contributed by atoms with Crippen LogP contribution in [0.25, 0.3) is 0 Å². The van der Waals surface area contributed by atoms with E-state index in [1.807, 2.05) is 6.07 Å². The van der Waals surface area contributed by atoms with Gasteiger partial charge in [0.15, 0.2) is 0 Å². The molecule has 2 heterocycles. The Hall–Kier alpha value is -1.46. The van der Waals surface area contributed by atoms with Gasteiger partial charge in [-0.1, -0.05) is 41.9 Å². The van der Waals surface area contributed by atoms with Gasteiger partial charge in [0.25, 0.3) is 0 Å². The zero-order valence-electron chi connectivity index (χ0n) is 15.0. The van der Waals surface area contributed by atoms with E-state index in [9.17, 15) is 16.8 Å². The molecule has 3 rings (SSSR count). The molecule has 0 bridgehead atoms. The van der Waals surface area contributed by atoms with Crippen molar-refractivity contribution in [1.29, 1.82) is 0 Å². The van der Waals surface area contributed by atoms with Crippen LogP contribution in [0.5, 0.6) is 0 Å². The van der Waals surface area contributed by atoms with E-state index in [1.54, 1.807) is 38.2 Å². The summed E-state index contributed by atoms with van der Waals surface area (Å²) in [5.41, 5.74) is 1.02. The zero-order chi connectivity index (χ0) is 19.8. The molecule has 0 spiro atoms. The Balaban J connectivity index is 1.73. The predicted molar refractivity (Wildman–Crippen MR) is 102 cm³/mol. The van der Waals surface area contributed by atoms with Crippen LogP contribution in [-0.2, 0) is 32.8 Å². The quantitative estimate of drug-likeness (QED) is 0.708. The highest BCUT2D eigenvalue weighted by Crippen LogP contribution is 2.28. The van der Waals surface area contributed by atoms with Gasteiger partial charge in [0, 0.05) is 33.2 Å². The first-order valence-electron chi connectivity index (χ1n) is 8.34. The maximum atomic E-state index is 12.9. The third kappa shape index (κ3) is 4.04. The minimum atomic E-state index is -3.83. The molecule has 1 aromatic heterocycles. The molecule has 0 aliphatic carbocycles. The summed E-state index contributed by atoms with van der Waals surface area (Å²) in [4.78, 5) is -0.0211. The minimum Gasteiger partial charge on any atom is -0.255 e. The SMILES string of the molecule is Cc1nn(C)c(Cl)c1S(=O)(=O)N1CCN(S(=O)(=O)Cc2ccccc2)CC1. The van der Waals surface area contributed by atoms with Gasteiger partial charge in [-0.3, -0.25) is 4.68 Å². The summed E-state index contributed by atoms with van der Waals surface area (Å²) in [5, 5.41) is 4.09. The molecule has 0 N–H and O–H groups in total. The molecule has 1 aliphatic heterocycles. The van der Waals surface area contributed by atoms with Crippen LogP contribution in [0.15, 0.2) is 35.2 Å². The first kappa shape index (κ1) is 20.3. The van der Waals surface area contributed by atoms with Crippen molar-refractivity contribution in [1.82, 2.24) is 18.4 Å². The minimum absolute atomic E-state index is 0.0211. The Bertz CT molecular complexity index is 1030. The van der Waals surface area contributed by atoms with Crippen molar-refractivity contribution < 1.29 is 16.8 Å². The van der Waals surface area contributed by atoms with Crippen molar-refractivity contribution in [3.05, 3.63) is 46.7 Å². The second kappa shape index (κ2) is 7.51. The lowest BCUT2D eigenvalue weighted by atomic mass is 10.2. The first-order chi connectivity index (χ1) is 12.6. The largest absolute Gasteiger partial charge is 0.255 e. The number of aromatic nitrogens is 2. The highest BCUT2D eigenvalue weighted by Gasteiger charge is 2.36. The Labute approximate surface area is 164 Å². The highest BCUT2D eigenvalue weighted by molar-refractivity contribution is 7.89. The molecule has 0 amide bonds. The molecule has 0 atom stereocenters. The summed E-state index contributed by atoms with van der Waals surface area (Å²) < 4.78 is 55.0. The van der Waals surface area contributed by atoms with E-state index in [4.69, 9.17) is 11.6 Å². The molecule has 0 unspecified atom stereocenters. The Morgan fingerprint density at radius 1 is 1.00 bits per heavy atom. The summed E-state index contributed by atoms with van der Waals surface area (Å²) in [5.74, 6) is -0.103. The van der Waals surface area contributed by atoms with E-state index in [0.717, 1.165) is 0 Å². The monoisotopic (exact) mass is 432 g/mol. The van der Waals surface area contributed by atoms with Gasteiger partial charge in [0.2, 0.25) is 20.0 Å². The molecule has 1 saturated heterocycles. The van der Waals surface area contributed by atoms with E-state index in [0.29, 0.717) is 11.3 Å². The summed E-state index contributed by atoms with van der Waals surface area (Å²) >= 11 is 6.10. The van der Waals surface area contributed by atoms with Crippen LogP contribution in [0.3, 0.4) is 0 Å². The Kier molecular flexibility index (Phi) is 5.64. The number of aryl methyl sites for hydroxylation is 2. The molecule has 1 aromatic carbocycles. The van der Waals surface area contributed by atoms with Gasteiger partial charge in [-0.2, -0.15) is 13.7 Å². The molecule has 0 saturated carbocycles. The van der Waals surface area contributed by atoms with Gasteiger partial charge in [-0.05, 0) is 12.5 Å². The topological polar surface area (TPSA) is 92.6 Å². The van der Waals surface area contributed by atoms with Crippen LogP contribution in [0.4, 0.5) is 0 Å². The summed E-state index contributed by atoms with van der Waals surface area (Å²) in [6, 6.07) is 8.91. The number of hydrogen-bond donors (Lipinski definition) is 0. The van der Waals surface area contributed by atoms with Gasteiger partial charge in [0.1, 0.15) is 10.0 Å². The molecule has 148 valence electrons. The fraction of sp³-hybridized carbons (Fsp3) is 0.438. The first-order valence-corrected chi connectivity index (χ1v) is 11.8. The van der Waals surface area contributed by atoms with Crippen LogP contribution < -0.4 is 0 Å². The van der Waals surface area contributed by atoms with E-state index in [1.165, 1.54) is 13.3 Å². The lowest BCUT2D eigenvalue weighted by molar-refractivity contribution is 0.272. The van der Waals surface area contributed by atoms with E-state index in [2.05, 4.69) is 5.10 Å². The molecule has 8 nitrogen and oxygen atoms in total. The number of nitrogens with zero attached hydrogens (tertiary/aromatic N) is 4. The van der Waals surface area contributed by atoms with Crippen molar-refractivity contribution in [3.63, 3.8) is 0 Å². The number of sulfonamides is 2. The van der Waals surface area contributed by atoms with Crippen molar-refractivity contribution in [2.75, 3.05) is 26.2 Å². The van der Waals surface area contributed by atoms with Gasteiger partial charge in [-0.15, -0.1) is 0 Å². The molecular weight excluding hydrogens is 412 g/mol. The summed E-state index contributed by atoms with van der Waals surface area (Å²) in [7, 11) is -5.77. The lowest BCUT2D eigenvalue weighted by Gasteiger charge is -2.33. The van der Waals surface area contributed by atoms with Crippen molar-refractivity contribution in [2.24, 2.45) is 7.05 Å². The van der Waals surface area contributed by atoms with E-state index >= 15 is 0 Å². The summed E-state index contributed by atoms with van der Waals surface area (Å²) in [6.45, 7) is 1.93. The van der Waals surface area contributed by atoms with E-state index in [-0.39, 0.29) is 42.0 Å². The maximum Gasteiger partial charge on any atom is 0.248 e. The Morgan fingerprint density at radius 3 is 2.07 bits per heavy atom. The number of halogens is 1. The van der Waals surface area contributed by atoms with Crippen LogP contribution in [0.1, 0.15) is 11.3 Å². The number of benzene rings is 1. The third-order valence-corrected chi connectivity index (χ3v) is 8.93. The van der Waals surface area contributed by atoms with Gasteiger partial charge in [-0.25, -0.2) is 16.8 Å². The predicted octanol–water partition coefficient (Wildman–Crippen LogP) is 1.22. The lowest BCUT2D eigenvalue weighted by Crippen LogP contribution is -2.50. The molecule has 1 aliphatic rings. The zero-order valence-corrected chi connectivity index (χ0v) is 17.4. The average molecular weight is 433 g/mol. The highest BCUT2D eigenvalue weighted by atomic mass is 35.5. The fourth-order valence-electron chi connectivity index (χ4n) is 3.10. The molecular formula is C16H21ClN4O4S2. The fourth-order valence-corrected chi connectivity index (χ4v) is 6.74. The van der Waals surface area contributed by atoms with Gasteiger partial charge in [0.05, 0.1) is 11.4 Å².